The van der Waals surface area contributed by atoms with Crippen LogP contribution in [0.1, 0.15) is 52.0 Å². The number of pyridine rings is 1. The van der Waals surface area contributed by atoms with E-state index in [0.717, 1.165) is 24.7 Å². The van der Waals surface area contributed by atoms with Gasteiger partial charge in [0.05, 0.1) is 12.2 Å². The molecule has 0 spiro atoms. The molecule has 2 aliphatic rings. The third kappa shape index (κ3) is 3.69. The highest BCUT2D eigenvalue weighted by Gasteiger charge is 2.49. The second kappa shape index (κ2) is 6.40. The maximum absolute atomic E-state index is 6.15. The molecule has 0 radical (unpaired) electrons. The predicted molar refractivity (Wildman–Crippen MR) is 91.9 cm³/mol. The summed E-state index contributed by atoms with van der Waals surface area (Å²) in [5.74, 6) is 0.773. The highest BCUT2D eigenvalue weighted by molar-refractivity contribution is 5.23. The van der Waals surface area contributed by atoms with Crippen molar-refractivity contribution in [1.29, 1.82) is 0 Å². The highest BCUT2D eigenvalue weighted by Crippen LogP contribution is 2.43. The molecule has 2 atom stereocenters. The van der Waals surface area contributed by atoms with Crippen molar-refractivity contribution in [3.63, 3.8) is 0 Å². The molecule has 128 valence electrons. The summed E-state index contributed by atoms with van der Waals surface area (Å²) in [5.41, 5.74) is 1.28. The van der Waals surface area contributed by atoms with E-state index in [1.54, 1.807) is 6.20 Å². The molecule has 23 heavy (non-hydrogen) atoms. The van der Waals surface area contributed by atoms with Crippen molar-refractivity contribution < 1.29 is 9.47 Å². The lowest BCUT2D eigenvalue weighted by Crippen LogP contribution is -2.48. The van der Waals surface area contributed by atoms with E-state index in [4.69, 9.17) is 9.47 Å². The topological polar surface area (TPSA) is 34.6 Å². The van der Waals surface area contributed by atoms with E-state index < -0.39 is 0 Å². The lowest BCUT2D eigenvalue weighted by atomic mass is 9.95. The van der Waals surface area contributed by atoms with Crippen molar-refractivity contribution >= 4 is 0 Å². The molecule has 2 saturated heterocycles. The third-order valence-corrected chi connectivity index (χ3v) is 5.18. The van der Waals surface area contributed by atoms with E-state index in [2.05, 4.69) is 30.7 Å². The zero-order chi connectivity index (χ0) is 16.5. The van der Waals surface area contributed by atoms with Gasteiger partial charge in [0.1, 0.15) is 6.61 Å². The molecule has 3 heterocycles. The first-order chi connectivity index (χ1) is 10.9. The van der Waals surface area contributed by atoms with E-state index in [-0.39, 0.29) is 11.1 Å². The zero-order valence-corrected chi connectivity index (χ0v) is 15.0. The molecule has 4 heteroatoms. The minimum atomic E-state index is -0.0668. The Morgan fingerprint density at radius 1 is 1.35 bits per heavy atom. The summed E-state index contributed by atoms with van der Waals surface area (Å²) in [7, 11) is 0. The molecule has 3 rings (SSSR count). The Bertz CT molecular complexity index is 540. The minimum absolute atomic E-state index is 0.0668. The first kappa shape index (κ1) is 16.7. The van der Waals surface area contributed by atoms with Gasteiger partial charge >= 0.3 is 0 Å². The lowest BCUT2D eigenvalue weighted by molar-refractivity contribution is -0.0584. The first-order valence-electron chi connectivity index (χ1n) is 8.85. The summed E-state index contributed by atoms with van der Waals surface area (Å²) in [4.78, 5) is 7.00. The predicted octanol–water partition coefficient (Wildman–Crippen LogP) is 3.58. The smallest absolute Gasteiger partial charge is 0.216 e. The summed E-state index contributed by atoms with van der Waals surface area (Å²) in [6.45, 7) is 11.2. The molecule has 0 amide bonds. The highest BCUT2D eigenvalue weighted by atomic mass is 16.5. The summed E-state index contributed by atoms with van der Waals surface area (Å²) >= 11 is 0. The number of hydrogen-bond acceptors (Lipinski definition) is 4. The van der Waals surface area contributed by atoms with E-state index in [1.807, 2.05) is 19.1 Å². The fourth-order valence-electron chi connectivity index (χ4n) is 3.94. The van der Waals surface area contributed by atoms with Crippen LogP contribution in [0.15, 0.2) is 18.3 Å². The van der Waals surface area contributed by atoms with Gasteiger partial charge in [0.2, 0.25) is 5.88 Å². The Morgan fingerprint density at radius 3 is 2.91 bits per heavy atom. The average molecular weight is 318 g/mol. The molecule has 0 aliphatic carbocycles. The van der Waals surface area contributed by atoms with Gasteiger partial charge in [0.25, 0.3) is 0 Å². The number of rotatable bonds is 5. The molecule has 1 aromatic rings. The molecule has 0 aromatic carbocycles. The zero-order valence-electron chi connectivity index (χ0n) is 15.0. The van der Waals surface area contributed by atoms with Crippen molar-refractivity contribution in [2.75, 3.05) is 19.8 Å². The van der Waals surface area contributed by atoms with E-state index in [1.165, 1.54) is 32.2 Å². The van der Waals surface area contributed by atoms with Crippen molar-refractivity contribution in [2.45, 2.75) is 70.6 Å². The SMILES string of the molecule is Cc1cccnc1OC[C@@H]1CC[C@]2(COC(C)(C)C)CCCN12. The molecular formula is C19H30N2O2. The van der Waals surface area contributed by atoms with Gasteiger partial charge in [0.15, 0.2) is 0 Å². The standard InChI is InChI=1S/C19H30N2O2/c1-15-7-5-11-20-17(15)22-13-16-8-10-19(9-6-12-21(16)19)14-23-18(2,3)4/h5,7,11,16H,6,8-10,12-14H2,1-4H3/t16-,19-/m0/s1. The van der Waals surface area contributed by atoms with Gasteiger partial charge in [-0.05, 0) is 66.0 Å². The minimum Gasteiger partial charge on any atom is -0.476 e. The van der Waals surface area contributed by atoms with Crippen LogP contribution in [0.3, 0.4) is 0 Å². The van der Waals surface area contributed by atoms with Crippen LogP contribution in [0.25, 0.3) is 0 Å². The van der Waals surface area contributed by atoms with E-state index in [0.29, 0.717) is 6.04 Å². The van der Waals surface area contributed by atoms with Crippen LogP contribution in [0.2, 0.25) is 0 Å². The number of fused-ring (bicyclic) bond motifs is 1. The molecule has 2 aliphatic heterocycles. The Hall–Kier alpha value is -1.13. The fourth-order valence-corrected chi connectivity index (χ4v) is 3.94. The maximum Gasteiger partial charge on any atom is 0.216 e. The summed E-state index contributed by atoms with van der Waals surface area (Å²) in [5, 5.41) is 0. The largest absolute Gasteiger partial charge is 0.476 e. The van der Waals surface area contributed by atoms with Gasteiger partial charge in [-0.3, -0.25) is 4.90 Å². The number of nitrogens with zero attached hydrogens (tertiary/aromatic N) is 2. The summed E-state index contributed by atoms with van der Waals surface area (Å²) in [6, 6.07) is 4.49. The number of aromatic nitrogens is 1. The van der Waals surface area contributed by atoms with E-state index in [9.17, 15) is 0 Å². The van der Waals surface area contributed by atoms with Crippen LogP contribution in [-0.2, 0) is 4.74 Å². The molecule has 2 fully saturated rings. The second-order valence-corrected chi connectivity index (χ2v) is 8.05. The Labute approximate surface area is 140 Å². The molecule has 1 aromatic heterocycles. The van der Waals surface area contributed by atoms with Gasteiger partial charge in [0, 0.05) is 23.3 Å². The monoisotopic (exact) mass is 318 g/mol. The molecule has 0 unspecified atom stereocenters. The third-order valence-electron chi connectivity index (χ3n) is 5.18. The number of hydrogen-bond donors (Lipinski definition) is 0. The Morgan fingerprint density at radius 2 is 2.17 bits per heavy atom. The van der Waals surface area contributed by atoms with Crippen LogP contribution < -0.4 is 4.74 Å². The van der Waals surface area contributed by atoms with Crippen molar-refractivity contribution in [1.82, 2.24) is 9.88 Å². The molecule has 4 nitrogen and oxygen atoms in total. The van der Waals surface area contributed by atoms with Crippen molar-refractivity contribution in [3.8, 4) is 5.88 Å². The van der Waals surface area contributed by atoms with Crippen LogP contribution in [0, 0.1) is 6.92 Å². The molecule has 0 bridgehead atoms. The molecule has 0 N–H and O–H groups in total. The Balaban J connectivity index is 1.61. The van der Waals surface area contributed by atoms with Gasteiger partial charge in [-0.1, -0.05) is 6.07 Å². The second-order valence-electron chi connectivity index (χ2n) is 8.05. The average Bonchev–Trinajstić information content (AvgIpc) is 3.03. The quantitative estimate of drug-likeness (QED) is 0.831. The van der Waals surface area contributed by atoms with Crippen LogP contribution in [0.5, 0.6) is 5.88 Å². The normalized spacial score (nSPS) is 28.1. The summed E-state index contributed by atoms with van der Waals surface area (Å²) < 4.78 is 12.2. The lowest BCUT2D eigenvalue weighted by Gasteiger charge is -2.37. The first-order valence-corrected chi connectivity index (χ1v) is 8.85. The fraction of sp³-hybridized carbons (Fsp3) is 0.737. The maximum atomic E-state index is 6.15. The summed E-state index contributed by atoms with van der Waals surface area (Å²) in [6.07, 6.45) is 6.74. The van der Waals surface area contributed by atoms with Crippen LogP contribution in [-0.4, -0.2) is 46.8 Å². The van der Waals surface area contributed by atoms with Crippen molar-refractivity contribution in [2.24, 2.45) is 0 Å². The number of ether oxygens (including phenoxy) is 2. The molecular weight excluding hydrogens is 288 g/mol. The van der Waals surface area contributed by atoms with Gasteiger partial charge < -0.3 is 9.47 Å². The van der Waals surface area contributed by atoms with Crippen LogP contribution >= 0.6 is 0 Å². The number of aryl methyl sites for hydroxylation is 1. The van der Waals surface area contributed by atoms with E-state index >= 15 is 0 Å². The van der Waals surface area contributed by atoms with Gasteiger partial charge in [-0.15, -0.1) is 0 Å². The van der Waals surface area contributed by atoms with Crippen molar-refractivity contribution in [3.05, 3.63) is 23.9 Å². The van der Waals surface area contributed by atoms with Gasteiger partial charge in [-0.2, -0.15) is 0 Å². The molecule has 0 saturated carbocycles. The van der Waals surface area contributed by atoms with Gasteiger partial charge in [-0.25, -0.2) is 4.98 Å². The van der Waals surface area contributed by atoms with Crippen LogP contribution in [0.4, 0.5) is 0 Å². The Kier molecular flexibility index (Phi) is 4.65.